The van der Waals surface area contributed by atoms with Crippen molar-refractivity contribution in [2.45, 2.75) is 6.61 Å². The summed E-state index contributed by atoms with van der Waals surface area (Å²) >= 11 is 0. The van der Waals surface area contributed by atoms with Gasteiger partial charge in [-0.15, -0.1) is 0 Å². The lowest BCUT2D eigenvalue weighted by molar-refractivity contribution is 0.175. The third kappa shape index (κ3) is 1.92. The Bertz CT molecular complexity index is 378. The molecule has 0 aliphatic carbocycles. The third-order valence-corrected chi connectivity index (χ3v) is 1.95. The van der Waals surface area contributed by atoms with Crippen molar-refractivity contribution in [2.75, 3.05) is 14.2 Å². The van der Waals surface area contributed by atoms with Gasteiger partial charge in [-0.3, -0.25) is 0 Å². The number of ether oxygens (including phenoxy) is 2. The number of rotatable bonds is 3. The molecule has 0 aliphatic rings. The van der Waals surface area contributed by atoms with E-state index >= 15 is 0 Å². The van der Waals surface area contributed by atoms with Gasteiger partial charge in [0.2, 0.25) is 0 Å². The van der Waals surface area contributed by atoms with Crippen molar-refractivity contribution in [1.29, 1.82) is 0 Å². The first-order valence-electron chi connectivity index (χ1n) is 4.08. The number of hydrogen-bond donors (Lipinski definition) is 0. The summed E-state index contributed by atoms with van der Waals surface area (Å²) in [5.74, 6) is -3.90. The zero-order valence-electron chi connectivity index (χ0n) is 8.36. The highest BCUT2D eigenvalue weighted by molar-refractivity contribution is 5.42. The van der Waals surface area contributed by atoms with E-state index in [1.807, 2.05) is 0 Å². The van der Waals surface area contributed by atoms with Crippen molar-refractivity contribution in [2.24, 2.45) is 0 Å². The molecule has 0 unspecified atom stereocenters. The Balaban J connectivity index is 3.47. The maximum Gasteiger partial charge on any atom is 0.171 e. The van der Waals surface area contributed by atoms with Crippen LogP contribution in [0.4, 0.5) is 13.2 Å². The maximum atomic E-state index is 13.4. The molecule has 0 amide bonds. The van der Waals surface area contributed by atoms with E-state index in [0.29, 0.717) is 0 Å². The van der Waals surface area contributed by atoms with Crippen LogP contribution in [0.2, 0.25) is 0 Å². The van der Waals surface area contributed by atoms with Gasteiger partial charge < -0.3 is 9.47 Å². The second-order valence-electron chi connectivity index (χ2n) is 2.87. The fourth-order valence-corrected chi connectivity index (χ4v) is 1.22. The summed E-state index contributed by atoms with van der Waals surface area (Å²) in [6.45, 7) is 2.80. The molecule has 5 heteroatoms. The first-order chi connectivity index (χ1) is 7.04. The average molecular weight is 219 g/mol. The van der Waals surface area contributed by atoms with E-state index in [0.717, 1.165) is 7.11 Å². The van der Waals surface area contributed by atoms with Crippen LogP contribution in [-0.4, -0.2) is 14.2 Å². The van der Waals surface area contributed by atoms with E-state index in [1.165, 1.54) is 7.11 Å². The zero-order valence-corrected chi connectivity index (χ0v) is 8.36. The predicted octanol–water partition coefficient (Wildman–Crippen LogP) is 2.44. The van der Waals surface area contributed by atoms with Crippen LogP contribution < -0.4 is 4.74 Å². The molecule has 0 fully saturated rings. The van der Waals surface area contributed by atoms with Crippen molar-refractivity contribution in [3.63, 3.8) is 0 Å². The van der Waals surface area contributed by atoms with Crippen LogP contribution in [0.25, 0.3) is 0 Å². The Kier molecular flexibility index (Phi) is 3.57. The molecule has 83 valence electrons. The summed E-state index contributed by atoms with van der Waals surface area (Å²) in [6.07, 6.45) is 0. The van der Waals surface area contributed by atoms with E-state index in [1.54, 1.807) is 0 Å². The third-order valence-electron chi connectivity index (χ3n) is 1.95. The van der Waals surface area contributed by atoms with Gasteiger partial charge in [0, 0.05) is 12.7 Å². The summed E-state index contributed by atoms with van der Waals surface area (Å²) < 4.78 is 49.1. The van der Waals surface area contributed by atoms with Gasteiger partial charge in [-0.2, -0.15) is 0 Å². The summed E-state index contributed by atoms with van der Waals surface area (Å²) in [5.41, 5.74) is -0.938. The van der Waals surface area contributed by atoms with Crippen LogP contribution in [0.1, 0.15) is 11.1 Å². The Labute approximate surface area is 85.6 Å². The molecule has 15 heavy (non-hydrogen) atoms. The largest absolute Gasteiger partial charge is 0.493 e. The highest BCUT2D eigenvalue weighted by Crippen LogP contribution is 2.31. The van der Waals surface area contributed by atoms with Gasteiger partial charge in [-0.25, -0.2) is 13.2 Å². The van der Waals surface area contributed by atoms with E-state index in [2.05, 4.69) is 16.4 Å². The molecule has 1 aromatic carbocycles. The monoisotopic (exact) mass is 219 g/mol. The Hall–Kier alpha value is -1.23. The number of hydrogen-bond acceptors (Lipinski definition) is 2. The zero-order chi connectivity index (χ0) is 11.6. The van der Waals surface area contributed by atoms with Crippen molar-refractivity contribution in [3.8, 4) is 5.75 Å². The molecule has 0 N–H and O–H groups in total. The summed E-state index contributed by atoms with van der Waals surface area (Å²) in [7, 11) is 2.45. The molecular formula is C10H10F3O2. The van der Waals surface area contributed by atoms with Gasteiger partial charge in [0.1, 0.15) is 0 Å². The molecule has 0 spiro atoms. The minimum absolute atomic E-state index is 0.275. The second-order valence-corrected chi connectivity index (χ2v) is 2.87. The van der Waals surface area contributed by atoms with Crippen LogP contribution in [0.5, 0.6) is 5.75 Å². The maximum absolute atomic E-state index is 13.4. The summed E-state index contributed by atoms with van der Waals surface area (Å²) in [4.78, 5) is 0. The number of benzene rings is 1. The van der Waals surface area contributed by atoms with Crippen molar-refractivity contribution < 1.29 is 22.6 Å². The molecule has 0 aliphatic heterocycles. The molecule has 1 aromatic rings. The summed E-state index contributed by atoms with van der Waals surface area (Å²) in [6, 6.07) is 0. The van der Waals surface area contributed by atoms with Crippen LogP contribution in [0.15, 0.2) is 0 Å². The Morgan fingerprint density at radius 1 is 1.07 bits per heavy atom. The van der Waals surface area contributed by atoms with Crippen LogP contribution >= 0.6 is 0 Å². The number of halogens is 3. The smallest absolute Gasteiger partial charge is 0.171 e. The number of methoxy groups -OCH3 is 2. The Morgan fingerprint density at radius 2 is 1.67 bits per heavy atom. The molecule has 1 radical (unpaired) electrons. The van der Waals surface area contributed by atoms with Gasteiger partial charge in [0.15, 0.2) is 23.2 Å². The van der Waals surface area contributed by atoms with Crippen molar-refractivity contribution in [3.05, 3.63) is 35.5 Å². The molecule has 0 saturated carbocycles. The molecule has 0 saturated heterocycles. The van der Waals surface area contributed by atoms with Gasteiger partial charge in [-0.1, -0.05) is 0 Å². The fraction of sp³-hybridized carbons (Fsp3) is 0.300. The SMILES string of the molecule is [CH2]c1c(F)c(F)c(COC)c(OC)c1F. The van der Waals surface area contributed by atoms with E-state index in [4.69, 9.17) is 0 Å². The molecule has 1 rings (SSSR count). The lowest BCUT2D eigenvalue weighted by Crippen LogP contribution is -2.06. The van der Waals surface area contributed by atoms with Crippen LogP contribution in [-0.2, 0) is 11.3 Å². The molecule has 0 atom stereocenters. The fourth-order valence-electron chi connectivity index (χ4n) is 1.22. The first-order valence-corrected chi connectivity index (χ1v) is 4.08. The molecular weight excluding hydrogens is 209 g/mol. The standard InChI is InChI=1S/C10H10F3O2/c1-5-7(11)9(13)6(4-14-2)10(15-3)8(5)12/h1,4H2,2-3H3. The Morgan fingerprint density at radius 3 is 2.13 bits per heavy atom. The van der Waals surface area contributed by atoms with E-state index < -0.39 is 23.0 Å². The second kappa shape index (κ2) is 4.53. The predicted molar refractivity (Wildman–Crippen MR) is 48.0 cm³/mol. The van der Waals surface area contributed by atoms with Crippen molar-refractivity contribution >= 4 is 0 Å². The van der Waals surface area contributed by atoms with Crippen LogP contribution in [0.3, 0.4) is 0 Å². The lowest BCUT2D eigenvalue weighted by Gasteiger charge is -2.12. The van der Waals surface area contributed by atoms with Gasteiger partial charge in [0.25, 0.3) is 0 Å². The molecule has 0 aromatic heterocycles. The average Bonchev–Trinajstić information content (AvgIpc) is 2.24. The quantitative estimate of drug-likeness (QED) is 0.727. The van der Waals surface area contributed by atoms with Gasteiger partial charge in [-0.05, 0) is 6.92 Å². The lowest BCUT2D eigenvalue weighted by atomic mass is 10.1. The molecule has 0 heterocycles. The highest BCUT2D eigenvalue weighted by atomic mass is 19.2. The van der Waals surface area contributed by atoms with Crippen molar-refractivity contribution in [1.82, 2.24) is 0 Å². The van der Waals surface area contributed by atoms with E-state index in [9.17, 15) is 13.2 Å². The summed E-state index contributed by atoms with van der Waals surface area (Å²) in [5, 5.41) is 0. The topological polar surface area (TPSA) is 18.5 Å². The first kappa shape index (κ1) is 11.8. The highest BCUT2D eigenvalue weighted by Gasteiger charge is 2.23. The normalized spacial score (nSPS) is 10.5. The molecule has 2 nitrogen and oxygen atoms in total. The van der Waals surface area contributed by atoms with Gasteiger partial charge >= 0.3 is 0 Å². The minimum Gasteiger partial charge on any atom is -0.493 e. The van der Waals surface area contributed by atoms with Gasteiger partial charge in [0.05, 0.1) is 19.3 Å². The molecule has 0 bridgehead atoms. The minimum atomic E-state index is -1.32. The van der Waals surface area contributed by atoms with E-state index in [-0.39, 0.29) is 17.9 Å². The van der Waals surface area contributed by atoms with Crippen LogP contribution in [0, 0.1) is 24.4 Å².